The van der Waals surface area contributed by atoms with Crippen molar-refractivity contribution in [3.8, 4) is 0 Å². The van der Waals surface area contributed by atoms with E-state index in [1.807, 2.05) is 0 Å². The maximum atomic E-state index is 11.6. The van der Waals surface area contributed by atoms with E-state index >= 15 is 0 Å². The van der Waals surface area contributed by atoms with Crippen LogP contribution < -0.4 is 0 Å². The zero-order valence-electron chi connectivity index (χ0n) is 10.2. The minimum absolute atomic E-state index is 0.104. The Kier molecular flexibility index (Phi) is 4.68. The van der Waals surface area contributed by atoms with E-state index in [9.17, 15) is 9.59 Å². The first-order valence-corrected chi connectivity index (χ1v) is 5.48. The molecule has 94 valence electrons. The summed E-state index contributed by atoms with van der Waals surface area (Å²) in [5.74, 6) is -0.850. The number of esters is 2. The smallest absolute Gasteiger partial charge is 0.374 e. The summed E-state index contributed by atoms with van der Waals surface area (Å²) in [7, 11) is 0. The molecule has 0 spiro atoms. The van der Waals surface area contributed by atoms with Gasteiger partial charge in [-0.05, 0) is 20.8 Å². The molecule has 0 bridgehead atoms. The molecule has 0 N–H and O–H groups in total. The molecule has 17 heavy (non-hydrogen) atoms. The summed E-state index contributed by atoms with van der Waals surface area (Å²) in [4.78, 5) is 27.0. The van der Waals surface area contributed by atoms with Gasteiger partial charge in [0, 0.05) is 12.4 Å². The van der Waals surface area contributed by atoms with Gasteiger partial charge in [0.2, 0.25) is 5.82 Å². The molecule has 1 rings (SSSR count). The van der Waals surface area contributed by atoms with Gasteiger partial charge >= 0.3 is 11.9 Å². The predicted octanol–water partition coefficient (Wildman–Crippen LogP) is 1.18. The van der Waals surface area contributed by atoms with Crippen molar-refractivity contribution < 1.29 is 19.1 Å². The fraction of sp³-hybridized carbons (Fsp3) is 0.545. The Morgan fingerprint density at radius 3 is 2.59 bits per heavy atom. The van der Waals surface area contributed by atoms with Crippen molar-refractivity contribution in [1.29, 1.82) is 0 Å². The van der Waals surface area contributed by atoms with Crippen molar-refractivity contribution in [3.63, 3.8) is 0 Å². The minimum atomic E-state index is -0.600. The van der Waals surface area contributed by atoms with Crippen LogP contribution >= 0.6 is 0 Å². The Labute approximate surface area is 99.5 Å². The van der Waals surface area contributed by atoms with Gasteiger partial charge in [0.25, 0.3) is 0 Å². The van der Waals surface area contributed by atoms with Crippen LogP contribution in [0.5, 0.6) is 0 Å². The van der Waals surface area contributed by atoms with Crippen LogP contribution in [0.3, 0.4) is 0 Å². The number of imidazole rings is 1. The van der Waals surface area contributed by atoms with Crippen molar-refractivity contribution in [2.24, 2.45) is 0 Å². The summed E-state index contributed by atoms with van der Waals surface area (Å²) in [5.41, 5.74) is 0. The van der Waals surface area contributed by atoms with E-state index in [0.29, 0.717) is 6.61 Å². The zero-order valence-corrected chi connectivity index (χ0v) is 10.2. The molecule has 6 nitrogen and oxygen atoms in total. The quantitative estimate of drug-likeness (QED) is 0.723. The summed E-state index contributed by atoms with van der Waals surface area (Å²) in [6.45, 7) is 5.64. The Morgan fingerprint density at radius 2 is 2.00 bits per heavy atom. The van der Waals surface area contributed by atoms with Gasteiger partial charge in [-0.3, -0.25) is 0 Å². The fourth-order valence-electron chi connectivity index (χ4n) is 1.36. The summed E-state index contributed by atoms with van der Waals surface area (Å²) < 4.78 is 11.2. The van der Waals surface area contributed by atoms with Crippen LogP contribution in [-0.4, -0.2) is 34.7 Å². The lowest BCUT2D eigenvalue weighted by Gasteiger charge is -2.14. The summed E-state index contributed by atoms with van der Waals surface area (Å²) >= 11 is 0. The average molecular weight is 240 g/mol. The normalized spacial score (nSPS) is 11.9. The highest BCUT2D eigenvalue weighted by Gasteiger charge is 2.22. The molecule has 0 aliphatic rings. The van der Waals surface area contributed by atoms with Gasteiger partial charge in [0.1, 0.15) is 6.04 Å². The Morgan fingerprint density at radius 1 is 1.35 bits per heavy atom. The molecular formula is C11H16N2O4. The summed E-state index contributed by atoms with van der Waals surface area (Å²) in [6, 6.07) is -0.600. The van der Waals surface area contributed by atoms with Gasteiger partial charge < -0.3 is 14.0 Å². The van der Waals surface area contributed by atoms with Gasteiger partial charge in [-0.15, -0.1) is 0 Å². The lowest BCUT2D eigenvalue weighted by molar-refractivity contribution is -0.146. The molecule has 0 aliphatic carbocycles. The number of hydrogen-bond acceptors (Lipinski definition) is 5. The fourth-order valence-corrected chi connectivity index (χ4v) is 1.36. The lowest BCUT2D eigenvalue weighted by atomic mass is 10.3. The Bertz CT molecular complexity index is 400. The van der Waals surface area contributed by atoms with Crippen LogP contribution in [0.25, 0.3) is 0 Å². The van der Waals surface area contributed by atoms with Crippen LogP contribution in [0.1, 0.15) is 37.4 Å². The molecule has 0 fully saturated rings. The molecule has 1 unspecified atom stereocenters. The molecule has 1 aromatic rings. The lowest BCUT2D eigenvalue weighted by Crippen LogP contribution is -2.23. The molecule has 1 heterocycles. The van der Waals surface area contributed by atoms with E-state index in [1.54, 1.807) is 27.0 Å². The van der Waals surface area contributed by atoms with Crippen LogP contribution in [0.15, 0.2) is 12.4 Å². The SMILES string of the molecule is CCOC(=O)c1nccn1C(C)C(=O)OCC. The van der Waals surface area contributed by atoms with Crippen LogP contribution in [-0.2, 0) is 14.3 Å². The van der Waals surface area contributed by atoms with E-state index < -0.39 is 18.0 Å². The molecule has 0 amide bonds. The number of ether oxygens (including phenoxy) is 2. The van der Waals surface area contributed by atoms with Crippen LogP contribution in [0.2, 0.25) is 0 Å². The second-order valence-electron chi connectivity index (χ2n) is 3.31. The molecule has 1 aromatic heterocycles. The van der Waals surface area contributed by atoms with E-state index in [2.05, 4.69) is 4.98 Å². The third-order valence-electron chi connectivity index (χ3n) is 2.17. The topological polar surface area (TPSA) is 70.4 Å². The van der Waals surface area contributed by atoms with Gasteiger partial charge in [-0.2, -0.15) is 0 Å². The number of hydrogen-bond donors (Lipinski definition) is 0. The highest BCUT2D eigenvalue weighted by Crippen LogP contribution is 2.12. The molecule has 0 aliphatic heterocycles. The summed E-state index contributed by atoms with van der Waals surface area (Å²) in [5, 5.41) is 0. The first-order valence-electron chi connectivity index (χ1n) is 5.48. The van der Waals surface area contributed by atoms with E-state index in [1.165, 1.54) is 10.8 Å². The number of carbonyl (C=O) groups is 2. The second-order valence-corrected chi connectivity index (χ2v) is 3.31. The standard InChI is InChI=1S/C11H16N2O4/c1-4-16-10(14)8(3)13-7-6-12-9(13)11(15)17-5-2/h6-8H,4-5H2,1-3H3. The maximum absolute atomic E-state index is 11.6. The molecular weight excluding hydrogens is 224 g/mol. The van der Waals surface area contributed by atoms with Gasteiger partial charge in [0.05, 0.1) is 13.2 Å². The first-order chi connectivity index (χ1) is 8.11. The third-order valence-corrected chi connectivity index (χ3v) is 2.17. The minimum Gasteiger partial charge on any atom is -0.464 e. The highest BCUT2D eigenvalue weighted by molar-refractivity contribution is 5.86. The Balaban J connectivity index is 2.87. The van der Waals surface area contributed by atoms with Crippen molar-refractivity contribution in [2.45, 2.75) is 26.8 Å². The van der Waals surface area contributed by atoms with Crippen molar-refractivity contribution in [3.05, 3.63) is 18.2 Å². The van der Waals surface area contributed by atoms with E-state index in [4.69, 9.17) is 9.47 Å². The number of rotatable bonds is 5. The number of carbonyl (C=O) groups excluding carboxylic acids is 2. The first kappa shape index (κ1) is 13.2. The van der Waals surface area contributed by atoms with Crippen molar-refractivity contribution in [1.82, 2.24) is 9.55 Å². The predicted molar refractivity (Wildman–Crippen MR) is 59.5 cm³/mol. The summed E-state index contributed by atoms with van der Waals surface area (Å²) in [6.07, 6.45) is 3.00. The molecule has 1 atom stereocenters. The van der Waals surface area contributed by atoms with E-state index in [-0.39, 0.29) is 12.4 Å². The molecule has 0 radical (unpaired) electrons. The van der Waals surface area contributed by atoms with Gasteiger partial charge in [-0.25, -0.2) is 14.6 Å². The third kappa shape index (κ3) is 3.05. The largest absolute Gasteiger partial charge is 0.464 e. The van der Waals surface area contributed by atoms with Gasteiger partial charge in [0.15, 0.2) is 0 Å². The average Bonchev–Trinajstić information content (AvgIpc) is 2.77. The maximum Gasteiger partial charge on any atom is 0.374 e. The molecule has 0 saturated heterocycles. The van der Waals surface area contributed by atoms with Crippen LogP contribution in [0, 0.1) is 0 Å². The Hall–Kier alpha value is -1.85. The second kappa shape index (κ2) is 6.03. The van der Waals surface area contributed by atoms with E-state index in [0.717, 1.165) is 0 Å². The van der Waals surface area contributed by atoms with Crippen molar-refractivity contribution in [2.75, 3.05) is 13.2 Å². The van der Waals surface area contributed by atoms with Gasteiger partial charge in [-0.1, -0.05) is 0 Å². The molecule has 6 heteroatoms. The zero-order chi connectivity index (χ0) is 12.8. The highest BCUT2D eigenvalue weighted by atomic mass is 16.5. The molecule has 0 saturated carbocycles. The van der Waals surface area contributed by atoms with Crippen LogP contribution in [0.4, 0.5) is 0 Å². The monoisotopic (exact) mass is 240 g/mol. The molecule has 0 aromatic carbocycles. The number of aromatic nitrogens is 2. The van der Waals surface area contributed by atoms with Crippen molar-refractivity contribution >= 4 is 11.9 Å². The number of nitrogens with zero attached hydrogens (tertiary/aromatic N) is 2.